The molecule has 1 atom stereocenters. The van der Waals surface area contributed by atoms with Gasteiger partial charge >= 0.3 is 0 Å². The Morgan fingerprint density at radius 1 is 1.29 bits per heavy atom. The lowest BCUT2D eigenvalue weighted by Gasteiger charge is -2.34. The Morgan fingerprint density at radius 3 is 1.93 bits per heavy atom. The van der Waals surface area contributed by atoms with Crippen LogP contribution >= 0.6 is 0 Å². The SMILES string of the molecule is CN[C@H](C(=O)N(C)C(C)C)C(C)(C)C. The molecule has 0 heterocycles. The number of amides is 1. The van der Waals surface area contributed by atoms with Gasteiger partial charge in [-0.2, -0.15) is 0 Å². The zero-order valence-corrected chi connectivity index (χ0v) is 10.5. The highest BCUT2D eigenvalue weighted by Crippen LogP contribution is 2.20. The average Bonchev–Trinajstić information content (AvgIpc) is 2.01. The molecule has 0 fully saturated rings. The fraction of sp³-hybridized carbons (Fsp3) is 0.909. The number of rotatable bonds is 3. The number of hydrogen-bond donors (Lipinski definition) is 1. The third-order valence-corrected chi connectivity index (χ3v) is 2.52. The lowest BCUT2D eigenvalue weighted by atomic mass is 9.86. The molecule has 0 aliphatic rings. The van der Waals surface area contributed by atoms with Crippen molar-refractivity contribution in [2.24, 2.45) is 5.41 Å². The topological polar surface area (TPSA) is 32.3 Å². The molecular weight excluding hydrogens is 176 g/mol. The highest BCUT2D eigenvalue weighted by molar-refractivity contribution is 5.82. The van der Waals surface area contributed by atoms with E-state index >= 15 is 0 Å². The van der Waals surface area contributed by atoms with E-state index in [1.165, 1.54) is 0 Å². The van der Waals surface area contributed by atoms with Gasteiger partial charge in [-0.25, -0.2) is 0 Å². The molecule has 0 saturated heterocycles. The predicted molar refractivity (Wildman–Crippen MR) is 60.2 cm³/mol. The van der Waals surface area contributed by atoms with Crippen LogP contribution in [0.3, 0.4) is 0 Å². The Morgan fingerprint density at radius 2 is 1.71 bits per heavy atom. The minimum atomic E-state index is -0.116. The summed E-state index contributed by atoms with van der Waals surface area (Å²) in [5.74, 6) is 0.162. The Balaban J connectivity index is 4.64. The van der Waals surface area contributed by atoms with Crippen LogP contribution in [0.15, 0.2) is 0 Å². The fourth-order valence-electron chi connectivity index (χ4n) is 1.39. The van der Waals surface area contributed by atoms with Gasteiger partial charge in [0.05, 0.1) is 6.04 Å². The van der Waals surface area contributed by atoms with Gasteiger partial charge in [0, 0.05) is 13.1 Å². The highest BCUT2D eigenvalue weighted by atomic mass is 16.2. The van der Waals surface area contributed by atoms with Crippen LogP contribution in [-0.4, -0.2) is 37.0 Å². The van der Waals surface area contributed by atoms with Crippen LogP contribution in [0, 0.1) is 5.41 Å². The summed E-state index contributed by atoms with van der Waals surface area (Å²) < 4.78 is 0. The first kappa shape index (κ1) is 13.4. The molecular formula is C11H24N2O. The summed E-state index contributed by atoms with van der Waals surface area (Å²) in [4.78, 5) is 13.8. The third-order valence-electron chi connectivity index (χ3n) is 2.52. The molecule has 84 valence electrons. The molecule has 1 amide bonds. The van der Waals surface area contributed by atoms with Crippen molar-refractivity contribution in [1.82, 2.24) is 10.2 Å². The maximum atomic E-state index is 12.0. The maximum absolute atomic E-state index is 12.0. The molecule has 0 unspecified atom stereocenters. The van der Waals surface area contributed by atoms with Crippen LogP contribution in [0.4, 0.5) is 0 Å². The molecule has 0 rings (SSSR count). The smallest absolute Gasteiger partial charge is 0.240 e. The summed E-state index contributed by atoms with van der Waals surface area (Å²) in [7, 11) is 3.69. The molecule has 3 heteroatoms. The first-order valence-electron chi connectivity index (χ1n) is 5.15. The standard InChI is InChI=1S/C11H24N2O/c1-8(2)13(7)10(14)9(12-6)11(3,4)5/h8-9,12H,1-7H3/t9-/m1/s1. The van der Waals surface area contributed by atoms with E-state index in [9.17, 15) is 4.79 Å². The Hall–Kier alpha value is -0.570. The number of nitrogens with one attached hydrogen (secondary N) is 1. The maximum Gasteiger partial charge on any atom is 0.240 e. The van der Waals surface area contributed by atoms with E-state index in [0.717, 1.165) is 0 Å². The number of nitrogens with zero attached hydrogens (tertiary/aromatic N) is 1. The van der Waals surface area contributed by atoms with Crippen molar-refractivity contribution in [3.8, 4) is 0 Å². The summed E-state index contributed by atoms with van der Waals surface area (Å²) in [6.07, 6.45) is 0. The Labute approximate surface area is 87.9 Å². The van der Waals surface area contributed by atoms with E-state index < -0.39 is 0 Å². The van der Waals surface area contributed by atoms with Crippen LogP contribution in [-0.2, 0) is 4.79 Å². The van der Waals surface area contributed by atoms with Crippen LogP contribution in [0.1, 0.15) is 34.6 Å². The van der Waals surface area contributed by atoms with Crippen LogP contribution in [0.5, 0.6) is 0 Å². The summed E-state index contributed by atoms with van der Waals surface area (Å²) in [6.45, 7) is 10.3. The summed E-state index contributed by atoms with van der Waals surface area (Å²) >= 11 is 0. The van der Waals surface area contributed by atoms with Crippen molar-refractivity contribution in [3.63, 3.8) is 0 Å². The molecule has 0 aliphatic carbocycles. The minimum absolute atomic E-state index is 0.0466. The molecule has 0 aromatic heterocycles. The predicted octanol–water partition coefficient (Wildman–Crippen LogP) is 1.49. The lowest BCUT2D eigenvalue weighted by Crippen LogP contribution is -2.52. The molecule has 0 aliphatic heterocycles. The second-order valence-corrected chi connectivity index (χ2v) is 5.13. The average molecular weight is 200 g/mol. The van der Waals surface area contributed by atoms with E-state index in [4.69, 9.17) is 0 Å². The van der Waals surface area contributed by atoms with E-state index in [0.29, 0.717) is 0 Å². The van der Waals surface area contributed by atoms with Gasteiger partial charge in [-0.05, 0) is 26.3 Å². The van der Waals surface area contributed by atoms with Crippen molar-refractivity contribution in [3.05, 3.63) is 0 Å². The molecule has 0 radical (unpaired) electrons. The highest BCUT2D eigenvalue weighted by Gasteiger charge is 2.32. The number of carbonyl (C=O) groups excluding carboxylic acids is 1. The largest absolute Gasteiger partial charge is 0.342 e. The van der Waals surface area contributed by atoms with E-state index in [-0.39, 0.29) is 23.4 Å². The lowest BCUT2D eigenvalue weighted by molar-refractivity contribution is -0.136. The van der Waals surface area contributed by atoms with Gasteiger partial charge in [-0.1, -0.05) is 20.8 Å². The van der Waals surface area contributed by atoms with Crippen LogP contribution < -0.4 is 5.32 Å². The van der Waals surface area contributed by atoms with Crippen molar-refractivity contribution >= 4 is 5.91 Å². The normalized spacial score (nSPS) is 14.3. The molecule has 0 bridgehead atoms. The second kappa shape index (κ2) is 4.78. The van der Waals surface area contributed by atoms with Gasteiger partial charge in [0.15, 0.2) is 0 Å². The van der Waals surface area contributed by atoms with Crippen LogP contribution in [0.25, 0.3) is 0 Å². The zero-order valence-electron chi connectivity index (χ0n) is 10.5. The molecule has 3 nitrogen and oxygen atoms in total. The van der Waals surface area contributed by atoms with Gasteiger partial charge in [0.1, 0.15) is 0 Å². The van der Waals surface area contributed by atoms with Crippen molar-refractivity contribution in [2.45, 2.75) is 46.7 Å². The Kier molecular flexibility index (Phi) is 4.59. The quantitative estimate of drug-likeness (QED) is 0.748. The number of hydrogen-bond acceptors (Lipinski definition) is 2. The van der Waals surface area contributed by atoms with E-state index in [1.54, 1.807) is 4.90 Å². The number of carbonyl (C=O) groups is 1. The van der Waals surface area contributed by atoms with Gasteiger partial charge in [-0.15, -0.1) is 0 Å². The monoisotopic (exact) mass is 200 g/mol. The first-order valence-corrected chi connectivity index (χ1v) is 5.15. The summed E-state index contributed by atoms with van der Waals surface area (Å²) in [5.41, 5.74) is -0.0466. The molecule has 14 heavy (non-hydrogen) atoms. The first-order chi connectivity index (χ1) is 6.21. The summed E-state index contributed by atoms with van der Waals surface area (Å²) in [6, 6.07) is 0.135. The minimum Gasteiger partial charge on any atom is -0.342 e. The molecule has 1 N–H and O–H groups in total. The van der Waals surface area contributed by atoms with Crippen LogP contribution in [0.2, 0.25) is 0 Å². The molecule has 0 aromatic rings. The van der Waals surface area contributed by atoms with Gasteiger partial charge in [0.2, 0.25) is 5.91 Å². The zero-order chi connectivity index (χ0) is 11.5. The van der Waals surface area contributed by atoms with Gasteiger partial charge < -0.3 is 10.2 Å². The molecule has 0 spiro atoms. The summed E-state index contributed by atoms with van der Waals surface area (Å²) in [5, 5.41) is 3.09. The van der Waals surface area contributed by atoms with E-state index in [2.05, 4.69) is 26.1 Å². The fourth-order valence-corrected chi connectivity index (χ4v) is 1.39. The van der Waals surface area contributed by atoms with Gasteiger partial charge in [-0.3, -0.25) is 4.79 Å². The van der Waals surface area contributed by atoms with Crippen molar-refractivity contribution < 1.29 is 4.79 Å². The molecule has 0 saturated carbocycles. The van der Waals surface area contributed by atoms with Crippen molar-refractivity contribution in [2.75, 3.05) is 14.1 Å². The Bertz CT molecular complexity index is 194. The van der Waals surface area contributed by atoms with Crippen molar-refractivity contribution in [1.29, 1.82) is 0 Å². The second-order valence-electron chi connectivity index (χ2n) is 5.13. The van der Waals surface area contributed by atoms with E-state index in [1.807, 2.05) is 27.9 Å². The molecule has 0 aromatic carbocycles. The van der Waals surface area contributed by atoms with Gasteiger partial charge in [0.25, 0.3) is 0 Å². The number of likely N-dealkylation sites (N-methyl/N-ethyl adjacent to an activating group) is 2. The third kappa shape index (κ3) is 3.29.